The molecule has 9 nitrogen and oxygen atoms in total. The number of hydrogen-bond donors (Lipinski definition) is 0. The minimum Gasteiger partial charge on any atom is -0.334 e. The van der Waals surface area contributed by atoms with Gasteiger partial charge in [-0.3, -0.25) is 9.63 Å². The largest absolute Gasteiger partial charge is 0.334 e. The average Bonchev–Trinajstić information content (AvgIpc) is 3.17. The summed E-state index contributed by atoms with van der Waals surface area (Å²) in [6, 6.07) is 3.59. The van der Waals surface area contributed by atoms with Crippen molar-refractivity contribution < 1.29 is 18.4 Å². The lowest BCUT2D eigenvalue weighted by Gasteiger charge is -2.22. The van der Waals surface area contributed by atoms with Crippen molar-refractivity contribution in [1.29, 1.82) is 0 Å². The normalized spacial score (nSPS) is 17.0. The lowest BCUT2D eigenvalue weighted by Crippen LogP contribution is -2.37. The van der Waals surface area contributed by atoms with Crippen LogP contribution in [0, 0.1) is 25.5 Å². The van der Waals surface area contributed by atoms with E-state index in [9.17, 15) is 13.6 Å². The summed E-state index contributed by atoms with van der Waals surface area (Å²) in [5.74, 6) is -1.47. The molecule has 1 aromatic carbocycles. The third-order valence-corrected chi connectivity index (χ3v) is 4.76. The van der Waals surface area contributed by atoms with Gasteiger partial charge in [0, 0.05) is 30.9 Å². The van der Waals surface area contributed by atoms with E-state index in [1.807, 2.05) is 13.8 Å². The number of aromatic nitrogens is 5. The van der Waals surface area contributed by atoms with Gasteiger partial charge in [0.05, 0.1) is 24.5 Å². The maximum Gasteiger partial charge on any atom is 0.256 e. The molecule has 162 valence electrons. The Labute approximate surface area is 177 Å². The van der Waals surface area contributed by atoms with Crippen LogP contribution in [0.25, 0.3) is 5.69 Å². The van der Waals surface area contributed by atoms with E-state index in [-0.39, 0.29) is 30.4 Å². The molecule has 0 unspecified atom stereocenters. The van der Waals surface area contributed by atoms with Crippen LogP contribution < -0.4 is 5.06 Å². The van der Waals surface area contributed by atoms with Crippen LogP contribution in [0.15, 0.2) is 30.6 Å². The van der Waals surface area contributed by atoms with Crippen molar-refractivity contribution in [2.24, 2.45) is 0 Å². The highest BCUT2D eigenvalue weighted by molar-refractivity contribution is 5.97. The van der Waals surface area contributed by atoms with Crippen molar-refractivity contribution in [3.05, 3.63) is 59.3 Å². The summed E-state index contributed by atoms with van der Waals surface area (Å²) in [4.78, 5) is 30.5. The molecule has 1 saturated heterocycles. The standard InChI is InChI=1S/C20H21F2N7O2/c1-12-8-19(26-14(3)25-12)28-7-6-27(11-13(2)31-28)20(30)15-9-16(21)17(22)10-18(15)29-23-4-5-24-29/h4-5,8-10,13H,6-7,11H2,1-3H3/t13-/m0/s1. The Hall–Kier alpha value is -3.47. The third kappa shape index (κ3) is 4.36. The van der Waals surface area contributed by atoms with Crippen LogP contribution in [0.2, 0.25) is 0 Å². The predicted octanol–water partition coefficient (Wildman–Crippen LogP) is 2.23. The van der Waals surface area contributed by atoms with Gasteiger partial charge in [0.15, 0.2) is 17.5 Å². The highest BCUT2D eigenvalue weighted by atomic mass is 19.2. The van der Waals surface area contributed by atoms with Crippen molar-refractivity contribution in [3.8, 4) is 5.69 Å². The molecule has 1 atom stereocenters. The van der Waals surface area contributed by atoms with Gasteiger partial charge in [-0.25, -0.2) is 23.8 Å². The number of carbonyl (C=O) groups is 1. The molecular formula is C20H21F2N7O2. The summed E-state index contributed by atoms with van der Waals surface area (Å²) in [5.41, 5.74) is 0.823. The molecule has 0 radical (unpaired) electrons. The topological polar surface area (TPSA) is 89.3 Å². The first-order chi connectivity index (χ1) is 14.8. The van der Waals surface area contributed by atoms with Gasteiger partial charge in [-0.1, -0.05) is 0 Å². The smallest absolute Gasteiger partial charge is 0.256 e. The van der Waals surface area contributed by atoms with Gasteiger partial charge >= 0.3 is 0 Å². The SMILES string of the molecule is Cc1cc(N2CCN(C(=O)c3cc(F)c(F)cc3-n3nccn3)C[C@H](C)O2)nc(C)n1. The Morgan fingerprint density at radius 1 is 1.06 bits per heavy atom. The zero-order valence-corrected chi connectivity index (χ0v) is 17.3. The molecule has 1 amide bonds. The molecule has 0 aliphatic carbocycles. The number of hydrogen-bond acceptors (Lipinski definition) is 7. The molecule has 3 heterocycles. The molecule has 1 fully saturated rings. The predicted molar refractivity (Wildman–Crippen MR) is 107 cm³/mol. The maximum absolute atomic E-state index is 14.0. The Morgan fingerprint density at radius 2 is 1.77 bits per heavy atom. The molecule has 0 saturated carbocycles. The number of benzene rings is 1. The average molecular weight is 429 g/mol. The van der Waals surface area contributed by atoms with Crippen LogP contribution in [0.1, 0.15) is 28.8 Å². The summed E-state index contributed by atoms with van der Waals surface area (Å²) in [5, 5.41) is 9.52. The number of aryl methyl sites for hydroxylation is 2. The molecule has 0 spiro atoms. The number of carbonyl (C=O) groups excluding carboxylic acids is 1. The Morgan fingerprint density at radius 3 is 2.48 bits per heavy atom. The number of hydroxylamine groups is 1. The van der Waals surface area contributed by atoms with Crippen molar-refractivity contribution in [3.63, 3.8) is 0 Å². The fourth-order valence-electron chi connectivity index (χ4n) is 3.48. The van der Waals surface area contributed by atoms with Gasteiger partial charge < -0.3 is 4.90 Å². The number of anilines is 1. The van der Waals surface area contributed by atoms with E-state index < -0.39 is 17.5 Å². The van der Waals surface area contributed by atoms with Gasteiger partial charge in [-0.2, -0.15) is 15.0 Å². The van der Waals surface area contributed by atoms with Crippen LogP contribution in [0.4, 0.5) is 14.6 Å². The molecule has 1 aliphatic rings. The summed E-state index contributed by atoms with van der Waals surface area (Å²) in [6.07, 6.45) is 2.42. The van der Waals surface area contributed by atoms with Crippen molar-refractivity contribution in [1.82, 2.24) is 29.9 Å². The summed E-state index contributed by atoms with van der Waals surface area (Å²) in [6.45, 7) is 6.36. The second kappa shape index (κ2) is 8.34. The Bertz CT molecular complexity index is 1090. The van der Waals surface area contributed by atoms with E-state index in [0.717, 1.165) is 22.6 Å². The minimum atomic E-state index is -1.12. The Balaban J connectivity index is 1.62. The molecule has 4 rings (SSSR count). The van der Waals surface area contributed by atoms with Crippen molar-refractivity contribution >= 4 is 11.7 Å². The molecule has 2 aromatic heterocycles. The lowest BCUT2D eigenvalue weighted by atomic mass is 10.1. The van der Waals surface area contributed by atoms with E-state index in [2.05, 4.69) is 20.2 Å². The van der Waals surface area contributed by atoms with Crippen molar-refractivity contribution in [2.75, 3.05) is 24.7 Å². The molecule has 1 aliphatic heterocycles. The highest BCUT2D eigenvalue weighted by Gasteiger charge is 2.29. The van der Waals surface area contributed by atoms with E-state index >= 15 is 0 Å². The molecule has 0 bridgehead atoms. The molecule has 0 N–H and O–H groups in total. The monoisotopic (exact) mass is 429 g/mol. The summed E-state index contributed by atoms with van der Waals surface area (Å²) >= 11 is 0. The van der Waals surface area contributed by atoms with E-state index in [1.54, 1.807) is 18.1 Å². The number of halogens is 2. The van der Waals surface area contributed by atoms with E-state index in [0.29, 0.717) is 18.2 Å². The first kappa shape index (κ1) is 20.8. The fraction of sp³-hybridized carbons (Fsp3) is 0.350. The molecular weight excluding hydrogens is 408 g/mol. The van der Waals surface area contributed by atoms with E-state index in [1.165, 1.54) is 17.3 Å². The minimum absolute atomic E-state index is 0.0375. The first-order valence-corrected chi connectivity index (χ1v) is 9.73. The first-order valence-electron chi connectivity index (χ1n) is 9.73. The maximum atomic E-state index is 14.0. The number of nitrogens with zero attached hydrogens (tertiary/aromatic N) is 7. The van der Waals surface area contributed by atoms with Crippen LogP contribution in [0.5, 0.6) is 0 Å². The molecule has 11 heteroatoms. The second-order valence-electron chi connectivity index (χ2n) is 7.29. The summed E-state index contributed by atoms with van der Waals surface area (Å²) in [7, 11) is 0. The van der Waals surface area contributed by atoms with Gasteiger partial charge in [0.2, 0.25) is 0 Å². The van der Waals surface area contributed by atoms with Crippen LogP contribution in [-0.4, -0.2) is 61.5 Å². The zero-order chi connectivity index (χ0) is 22.1. The second-order valence-corrected chi connectivity index (χ2v) is 7.29. The third-order valence-electron chi connectivity index (χ3n) is 4.76. The fourth-order valence-corrected chi connectivity index (χ4v) is 3.48. The number of amides is 1. The zero-order valence-electron chi connectivity index (χ0n) is 17.3. The van der Waals surface area contributed by atoms with Crippen LogP contribution in [-0.2, 0) is 4.84 Å². The van der Waals surface area contributed by atoms with Gasteiger partial charge in [-0.05, 0) is 26.8 Å². The van der Waals surface area contributed by atoms with Crippen LogP contribution in [0.3, 0.4) is 0 Å². The van der Waals surface area contributed by atoms with Crippen molar-refractivity contribution in [2.45, 2.75) is 26.9 Å². The highest BCUT2D eigenvalue weighted by Crippen LogP contribution is 2.22. The number of rotatable bonds is 3. The molecule has 3 aromatic rings. The van der Waals surface area contributed by atoms with Gasteiger partial charge in [0.1, 0.15) is 17.6 Å². The Kier molecular flexibility index (Phi) is 5.59. The van der Waals surface area contributed by atoms with Crippen LogP contribution >= 0.6 is 0 Å². The molecule has 31 heavy (non-hydrogen) atoms. The quantitative estimate of drug-likeness (QED) is 0.631. The van der Waals surface area contributed by atoms with Gasteiger partial charge in [-0.15, -0.1) is 0 Å². The van der Waals surface area contributed by atoms with Gasteiger partial charge in [0.25, 0.3) is 5.91 Å². The lowest BCUT2D eigenvalue weighted by molar-refractivity contribution is 0.0422. The summed E-state index contributed by atoms with van der Waals surface area (Å²) < 4.78 is 27.9. The van der Waals surface area contributed by atoms with E-state index in [4.69, 9.17) is 4.84 Å².